The quantitative estimate of drug-likeness (QED) is 0.101. The second-order valence-electron chi connectivity index (χ2n) is 12.8. The lowest BCUT2D eigenvalue weighted by molar-refractivity contribution is 0.200. The minimum Gasteiger partial charge on any atom is -0.497 e. The molecule has 0 radical (unpaired) electrons. The van der Waals surface area contributed by atoms with E-state index in [1.807, 2.05) is 55.0 Å². The highest BCUT2D eigenvalue weighted by molar-refractivity contribution is 5.86. The Morgan fingerprint density at radius 3 is 1.66 bits per heavy atom. The molecule has 0 N–H and O–H groups in total. The van der Waals surface area contributed by atoms with Gasteiger partial charge in [0.15, 0.2) is 23.0 Å². The van der Waals surface area contributed by atoms with Gasteiger partial charge in [-0.3, -0.25) is 14.9 Å². The van der Waals surface area contributed by atoms with Crippen LogP contribution in [0.1, 0.15) is 24.0 Å². The molecular formula is C42H51Cl3N4O7. The predicted octanol–water partition coefficient (Wildman–Crippen LogP) is 8.81. The zero-order valence-electron chi connectivity index (χ0n) is 32.8. The molecule has 5 aromatic rings. The molecule has 56 heavy (non-hydrogen) atoms. The van der Waals surface area contributed by atoms with Crippen molar-refractivity contribution < 1.29 is 33.2 Å². The van der Waals surface area contributed by atoms with E-state index in [9.17, 15) is 0 Å². The lowest BCUT2D eigenvalue weighted by Gasteiger charge is -2.40. The molecule has 14 heteroatoms. The average molecular weight is 830 g/mol. The molecule has 2 aromatic heterocycles. The summed E-state index contributed by atoms with van der Waals surface area (Å²) in [6, 6.07) is 22.9. The molecular weight excluding hydrogens is 779 g/mol. The summed E-state index contributed by atoms with van der Waals surface area (Å²) in [4.78, 5) is 14.3. The molecule has 3 heterocycles. The molecule has 1 aliphatic rings. The number of piperidine rings is 1. The average Bonchev–Trinajstić information content (AvgIpc) is 3.22. The van der Waals surface area contributed by atoms with E-state index in [2.05, 4.69) is 45.1 Å². The SMILES string of the molecule is COc1ccc(N(Cc2ccnc(-c3cc(OC)c(OC)c(OC)c3)c2)C2CCN(Cc3cncc(-c4cc(OC)c(OC)c(OC)c4)c3)CC2)cc1.Cl.Cl.Cl. The summed E-state index contributed by atoms with van der Waals surface area (Å²) < 4.78 is 39.0. The highest BCUT2D eigenvalue weighted by atomic mass is 35.5. The zero-order chi connectivity index (χ0) is 37.3. The highest BCUT2D eigenvalue weighted by Crippen LogP contribution is 2.42. The Hall–Kier alpha value is -4.81. The number of halogens is 3. The van der Waals surface area contributed by atoms with E-state index < -0.39 is 0 Å². The van der Waals surface area contributed by atoms with Crippen molar-refractivity contribution in [2.75, 3.05) is 67.8 Å². The molecule has 0 saturated carbocycles. The fraction of sp³-hybridized carbons (Fsp3) is 0.333. The summed E-state index contributed by atoms with van der Waals surface area (Å²) in [6.45, 7) is 3.44. The molecule has 11 nitrogen and oxygen atoms in total. The van der Waals surface area contributed by atoms with Gasteiger partial charge in [-0.15, -0.1) is 37.2 Å². The normalized spacial score (nSPS) is 12.6. The van der Waals surface area contributed by atoms with Gasteiger partial charge in [0, 0.05) is 67.6 Å². The number of hydrogen-bond donors (Lipinski definition) is 0. The van der Waals surface area contributed by atoms with Crippen molar-refractivity contribution in [1.82, 2.24) is 14.9 Å². The maximum absolute atomic E-state index is 5.62. The molecule has 0 atom stereocenters. The summed E-state index contributed by atoms with van der Waals surface area (Å²) in [5.74, 6) is 4.35. The number of hydrogen-bond acceptors (Lipinski definition) is 11. The topological polar surface area (TPSA) is 96.9 Å². The van der Waals surface area contributed by atoms with Gasteiger partial charge in [0.25, 0.3) is 0 Å². The fourth-order valence-corrected chi connectivity index (χ4v) is 6.99. The number of aromatic nitrogens is 2. The Bertz CT molecular complexity index is 1950. The van der Waals surface area contributed by atoms with E-state index >= 15 is 0 Å². The number of likely N-dealkylation sites (tertiary alicyclic amines) is 1. The van der Waals surface area contributed by atoms with Crippen molar-refractivity contribution >= 4 is 42.9 Å². The van der Waals surface area contributed by atoms with Crippen LogP contribution < -0.4 is 38.1 Å². The van der Waals surface area contributed by atoms with Gasteiger partial charge in [-0.2, -0.15) is 0 Å². The van der Waals surface area contributed by atoms with E-state index in [4.69, 9.17) is 38.1 Å². The number of ether oxygens (including phenoxy) is 7. The molecule has 1 aliphatic heterocycles. The lowest BCUT2D eigenvalue weighted by Crippen LogP contribution is -2.44. The van der Waals surface area contributed by atoms with E-state index in [1.165, 1.54) is 0 Å². The molecule has 3 aromatic carbocycles. The fourth-order valence-electron chi connectivity index (χ4n) is 6.99. The van der Waals surface area contributed by atoms with Crippen LogP contribution in [0.4, 0.5) is 5.69 Å². The Kier molecular flexibility index (Phi) is 17.5. The monoisotopic (exact) mass is 828 g/mol. The van der Waals surface area contributed by atoms with Crippen LogP contribution in [-0.4, -0.2) is 83.8 Å². The van der Waals surface area contributed by atoms with Crippen LogP contribution in [0.15, 0.2) is 85.3 Å². The molecule has 0 aliphatic carbocycles. The highest BCUT2D eigenvalue weighted by Gasteiger charge is 2.26. The number of methoxy groups -OCH3 is 7. The Labute approximate surface area is 348 Å². The molecule has 1 saturated heterocycles. The first-order valence-electron chi connectivity index (χ1n) is 17.5. The van der Waals surface area contributed by atoms with Gasteiger partial charge in [0.1, 0.15) is 5.75 Å². The van der Waals surface area contributed by atoms with E-state index in [0.717, 1.165) is 84.0 Å². The first-order valence-corrected chi connectivity index (χ1v) is 17.5. The van der Waals surface area contributed by atoms with Crippen LogP contribution in [-0.2, 0) is 13.1 Å². The van der Waals surface area contributed by atoms with E-state index in [-0.39, 0.29) is 37.2 Å². The van der Waals surface area contributed by atoms with Gasteiger partial charge in [0.05, 0.1) is 55.5 Å². The summed E-state index contributed by atoms with van der Waals surface area (Å²) >= 11 is 0. The Morgan fingerprint density at radius 2 is 1.14 bits per heavy atom. The lowest BCUT2D eigenvalue weighted by atomic mass is 9.99. The van der Waals surface area contributed by atoms with Crippen molar-refractivity contribution in [3.63, 3.8) is 0 Å². The van der Waals surface area contributed by atoms with Gasteiger partial charge in [0.2, 0.25) is 11.5 Å². The summed E-state index contributed by atoms with van der Waals surface area (Å²) in [5.41, 5.74) is 7.10. The number of nitrogens with zero attached hydrogens (tertiary/aromatic N) is 4. The molecule has 1 fully saturated rings. The second-order valence-corrected chi connectivity index (χ2v) is 12.8. The van der Waals surface area contributed by atoms with Crippen LogP contribution >= 0.6 is 37.2 Å². The smallest absolute Gasteiger partial charge is 0.203 e. The zero-order valence-corrected chi connectivity index (χ0v) is 35.2. The van der Waals surface area contributed by atoms with Gasteiger partial charge < -0.3 is 38.1 Å². The molecule has 0 amide bonds. The first kappa shape index (κ1) is 45.6. The van der Waals surface area contributed by atoms with Crippen molar-refractivity contribution in [1.29, 1.82) is 0 Å². The minimum atomic E-state index is 0. The minimum absolute atomic E-state index is 0. The summed E-state index contributed by atoms with van der Waals surface area (Å²) in [5, 5.41) is 0. The van der Waals surface area contributed by atoms with Crippen molar-refractivity contribution in [3.05, 3.63) is 96.4 Å². The molecule has 0 spiro atoms. The number of pyridine rings is 2. The third kappa shape index (κ3) is 10.3. The van der Waals surface area contributed by atoms with Gasteiger partial charge in [-0.1, -0.05) is 0 Å². The van der Waals surface area contributed by atoms with E-state index in [0.29, 0.717) is 40.5 Å². The second kappa shape index (κ2) is 21.5. The predicted molar refractivity (Wildman–Crippen MR) is 228 cm³/mol. The van der Waals surface area contributed by atoms with Crippen molar-refractivity contribution in [2.24, 2.45) is 0 Å². The number of anilines is 1. The van der Waals surface area contributed by atoms with Crippen molar-refractivity contribution in [3.8, 4) is 62.6 Å². The number of rotatable bonds is 15. The largest absolute Gasteiger partial charge is 0.497 e. The number of benzene rings is 3. The van der Waals surface area contributed by atoms with Crippen LogP contribution in [0, 0.1) is 0 Å². The third-order valence-electron chi connectivity index (χ3n) is 9.74. The standard InChI is InChI=1S/C42H48N4O7.3ClH/c1-47-35-10-8-33(9-11-35)46(27-28-12-15-44-36(19-28)31-22-39(50-4)42(53-7)40(23-31)51-5)34-13-16-45(17-14-34)26-29-18-32(25-43-24-29)30-20-37(48-2)41(52-6)38(21-30)49-3;;;/h8-12,15,18-25,34H,13-14,16-17,26-27H2,1-7H3;3*1H. The summed E-state index contributed by atoms with van der Waals surface area (Å²) in [6.07, 6.45) is 7.71. The molecule has 0 bridgehead atoms. The summed E-state index contributed by atoms with van der Waals surface area (Å²) in [7, 11) is 11.4. The maximum atomic E-state index is 5.62. The first-order chi connectivity index (χ1) is 25.9. The van der Waals surface area contributed by atoms with Crippen LogP contribution in [0.2, 0.25) is 0 Å². The van der Waals surface area contributed by atoms with Gasteiger partial charge in [-0.05, 0) is 96.3 Å². The Morgan fingerprint density at radius 1 is 0.589 bits per heavy atom. The van der Waals surface area contributed by atoms with Gasteiger partial charge >= 0.3 is 0 Å². The van der Waals surface area contributed by atoms with Crippen molar-refractivity contribution in [2.45, 2.75) is 32.0 Å². The third-order valence-corrected chi connectivity index (χ3v) is 9.74. The molecule has 302 valence electrons. The molecule has 0 unspecified atom stereocenters. The maximum Gasteiger partial charge on any atom is 0.203 e. The van der Waals surface area contributed by atoms with Crippen LogP contribution in [0.25, 0.3) is 22.4 Å². The van der Waals surface area contributed by atoms with Crippen LogP contribution in [0.3, 0.4) is 0 Å². The van der Waals surface area contributed by atoms with Crippen LogP contribution in [0.5, 0.6) is 40.2 Å². The Balaban J connectivity index is 0.00000280. The molecule has 6 rings (SSSR count). The van der Waals surface area contributed by atoms with E-state index in [1.54, 1.807) is 49.8 Å². The van der Waals surface area contributed by atoms with Gasteiger partial charge in [-0.25, -0.2) is 0 Å².